The van der Waals surface area contributed by atoms with Gasteiger partial charge in [-0.2, -0.15) is 0 Å². The third-order valence-corrected chi connectivity index (χ3v) is 4.58. The van der Waals surface area contributed by atoms with Crippen LogP contribution in [0.25, 0.3) is 10.4 Å². The minimum Gasteiger partial charge on any atom is -0.477 e. The highest BCUT2D eigenvalue weighted by Gasteiger charge is 2.15. The third-order valence-electron chi connectivity index (χ3n) is 2.54. The summed E-state index contributed by atoms with van der Waals surface area (Å²) in [6.45, 7) is 4.06. The fraction of sp³-hybridized carbons (Fsp3) is 0.154. The SMILES string of the molecule is Cc1ccc(C)c(-c2cc(Br)c(C(=O)O)s2)c1. The fourth-order valence-corrected chi connectivity index (χ4v) is 3.41. The highest BCUT2D eigenvalue weighted by atomic mass is 79.9. The molecule has 2 rings (SSSR count). The molecule has 0 saturated carbocycles. The number of benzene rings is 1. The van der Waals surface area contributed by atoms with Gasteiger partial charge < -0.3 is 5.11 Å². The first-order valence-corrected chi connectivity index (χ1v) is 6.70. The zero-order chi connectivity index (χ0) is 12.6. The van der Waals surface area contributed by atoms with Gasteiger partial charge in [-0.05, 0) is 47.0 Å². The highest BCUT2D eigenvalue weighted by molar-refractivity contribution is 9.10. The summed E-state index contributed by atoms with van der Waals surface area (Å²) >= 11 is 4.58. The summed E-state index contributed by atoms with van der Waals surface area (Å²) < 4.78 is 0.644. The summed E-state index contributed by atoms with van der Waals surface area (Å²) in [5.41, 5.74) is 3.43. The van der Waals surface area contributed by atoms with E-state index in [0.29, 0.717) is 9.35 Å². The van der Waals surface area contributed by atoms with Crippen LogP contribution in [-0.2, 0) is 0 Å². The second-order valence-electron chi connectivity index (χ2n) is 3.91. The lowest BCUT2D eigenvalue weighted by molar-refractivity contribution is 0.0701. The largest absolute Gasteiger partial charge is 0.477 e. The molecular formula is C13H11BrO2S. The molecule has 0 amide bonds. The van der Waals surface area contributed by atoms with Crippen molar-refractivity contribution in [3.63, 3.8) is 0 Å². The smallest absolute Gasteiger partial charge is 0.347 e. The molecule has 1 N–H and O–H groups in total. The quantitative estimate of drug-likeness (QED) is 0.887. The number of carbonyl (C=O) groups is 1. The fourth-order valence-electron chi connectivity index (χ4n) is 1.65. The van der Waals surface area contributed by atoms with E-state index in [1.165, 1.54) is 16.9 Å². The second kappa shape index (κ2) is 4.63. The zero-order valence-corrected chi connectivity index (χ0v) is 11.9. The van der Waals surface area contributed by atoms with Crippen molar-refractivity contribution in [2.45, 2.75) is 13.8 Å². The molecule has 0 unspecified atom stereocenters. The van der Waals surface area contributed by atoms with Gasteiger partial charge in [0.2, 0.25) is 0 Å². The number of hydrogen-bond acceptors (Lipinski definition) is 2. The minimum atomic E-state index is -0.890. The van der Waals surface area contributed by atoms with Gasteiger partial charge in [-0.1, -0.05) is 23.8 Å². The van der Waals surface area contributed by atoms with Gasteiger partial charge in [0.15, 0.2) is 0 Å². The molecular weight excluding hydrogens is 300 g/mol. The van der Waals surface area contributed by atoms with Crippen LogP contribution in [0.5, 0.6) is 0 Å². The number of halogens is 1. The van der Waals surface area contributed by atoms with Crippen LogP contribution in [0, 0.1) is 13.8 Å². The van der Waals surface area contributed by atoms with Crippen LogP contribution in [0.4, 0.5) is 0 Å². The molecule has 0 atom stereocenters. The molecule has 0 aliphatic heterocycles. The molecule has 0 spiro atoms. The molecule has 1 aromatic carbocycles. The van der Waals surface area contributed by atoms with Crippen LogP contribution in [-0.4, -0.2) is 11.1 Å². The van der Waals surface area contributed by atoms with Crippen LogP contribution >= 0.6 is 27.3 Å². The predicted molar refractivity (Wildman–Crippen MR) is 73.9 cm³/mol. The summed E-state index contributed by atoms with van der Waals surface area (Å²) in [6.07, 6.45) is 0. The Balaban J connectivity index is 2.57. The molecule has 2 nitrogen and oxygen atoms in total. The van der Waals surface area contributed by atoms with Crippen LogP contribution in [0.1, 0.15) is 20.8 Å². The monoisotopic (exact) mass is 310 g/mol. The number of thiophene rings is 1. The lowest BCUT2D eigenvalue weighted by Gasteiger charge is -2.04. The Labute approximate surface area is 112 Å². The van der Waals surface area contributed by atoms with Crippen molar-refractivity contribution in [2.75, 3.05) is 0 Å². The Morgan fingerprint density at radius 1 is 1.29 bits per heavy atom. The number of hydrogen-bond donors (Lipinski definition) is 1. The maximum absolute atomic E-state index is 11.0. The molecule has 17 heavy (non-hydrogen) atoms. The maximum Gasteiger partial charge on any atom is 0.347 e. The van der Waals surface area contributed by atoms with Gasteiger partial charge >= 0.3 is 5.97 Å². The number of carboxylic acid groups (broad SMARTS) is 1. The summed E-state index contributed by atoms with van der Waals surface area (Å²) in [4.78, 5) is 12.3. The van der Waals surface area contributed by atoms with Crippen molar-refractivity contribution in [3.05, 3.63) is 44.7 Å². The topological polar surface area (TPSA) is 37.3 Å². The Morgan fingerprint density at radius 3 is 2.59 bits per heavy atom. The first-order chi connectivity index (χ1) is 7.99. The average Bonchev–Trinajstić information content (AvgIpc) is 2.64. The molecule has 4 heteroatoms. The molecule has 0 fully saturated rings. The lowest BCUT2D eigenvalue weighted by Crippen LogP contribution is -1.91. The van der Waals surface area contributed by atoms with Crippen molar-refractivity contribution < 1.29 is 9.90 Å². The standard InChI is InChI=1S/C13H11BrO2S/c1-7-3-4-8(2)9(5-7)11-6-10(14)12(17-11)13(15)16/h3-6H,1-2H3,(H,15,16). The van der Waals surface area contributed by atoms with E-state index in [4.69, 9.17) is 5.11 Å². The molecule has 1 aromatic heterocycles. The van der Waals surface area contributed by atoms with Gasteiger partial charge in [0.25, 0.3) is 0 Å². The molecule has 0 aliphatic carbocycles. The minimum absolute atomic E-state index is 0.348. The van der Waals surface area contributed by atoms with Crippen molar-refractivity contribution in [1.29, 1.82) is 0 Å². The van der Waals surface area contributed by atoms with Crippen molar-refractivity contribution in [1.82, 2.24) is 0 Å². The highest BCUT2D eigenvalue weighted by Crippen LogP contribution is 2.36. The summed E-state index contributed by atoms with van der Waals surface area (Å²) in [6, 6.07) is 8.06. The predicted octanol–water partition coefficient (Wildman–Crippen LogP) is 4.49. The molecule has 88 valence electrons. The number of aromatic carboxylic acids is 1. The normalized spacial score (nSPS) is 10.5. The zero-order valence-electron chi connectivity index (χ0n) is 9.45. The van der Waals surface area contributed by atoms with Crippen LogP contribution in [0.3, 0.4) is 0 Å². The Bertz CT molecular complexity index is 587. The van der Waals surface area contributed by atoms with E-state index >= 15 is 0 Å². The third kappa shape index (κ3) is 2.42. The van der Waals surface area contributed by atoms with Crippen molar-refractivity contribution in [3.8, 4) is 10.4 Å². The van der Waals surface area contributed by atoms with Crippen LogP contribution in [0.2, 0.25) is 0 Å². The van der Waals surface area contributed by atoms with E-state index in [-0.39, 0.29) is 0 Å². The van der Waals surface area contributed by atoms with Gasteiger partial charge in [0.1, 0.15) is 4.88 Å². The first-order valence-electron chi connectivity index (χ1n) is 5.09. The van der Waals surface area contributed by atoms with Gasteiger partial charge in [-0.15, -0.1) is 11.3 Å². The van der Waals surface area contributed by atoms with E-state index in [0.717, 1.165) is 16.0 Å². The van der Waals surface area contributed by atoms with Crippen molar-refractivity contribution >= 4 is 33.2 Å². The first kappa shape index (κ1) is 12.3. The number of carboxylic acids is 1. The summed E-state index contributed by atoms with van der Waals surface area (Å²) in [5.74, 6) is -0.890. The Hall–Kier alpha value is -1.13. The average molecular weight is 311 g/mol. The van der Waals surface area contributed by atoms with E-state index in [9.17, 15) is 4.79 Å². The molecule has 0 saturated heterocycles. The number of aryl methyl sites for hydroxylation is 2. The maximum atomic E-state index is 11.0. The molecule has 1 heterocycles. The second-order valence-corrected chi connectivity index (χ2v) is 5.82. The Morgan fingerprint density at radius 2 is 2.00 bits per heavy atom. The Kier molecular flexibility index (Phi) is 3.35. The lowest BCUT2D eigenvalue weighted by atomic mass is 10.0. The van der Waals surface area contributed by atoms with E-state index in [1.807, 2.05) is 19.9 Å². The summed E-state index contributed by atoms with van der Waals surface area (Å²) in [7, 11) is 0. The van der Waals surface area contributed by atoms with E-state index in [1.54, 1.807) is 0 Å². The van der Waals surface area contributed by atoms with Gasteiger partial charge in [0.05, 0.1) is 0 Å². The number of rotatable bonds is 2. The van der Waals surface area contributed by atoms with Gasteiger partial charge in [-0.3, -0.25) is 0 Å². The van der Waals surface area contributed by atoms with Crippen LogP contribution in [0.15, 0.2) is 28.7 Å². The van der Waals surface area contributed by atoms with Gasteiger partial charge in [-0.25, -0.2) is 4.79 Å². The molecule has 0 bridgehead atoms. The van der Waals surface area contributed by atoms with E-state index in [2.05, 4.69) is 34.1 Å². The van der Waals surface area contributed by atoms with Gasteiger partial charge in [0, 0.05) is 9.35 Å². The molecule has 0 aliphatic rings. The van der Waals surface area contributed by atoms with E-state index < -0.39 is 5.97 Å². The van der Waals surface area contributed by atoms with Crippen LogP contribution < -0.4 is 0 Å². The summed E-state index contributed by atoms with van der Waals surface area (Å²) in [5, 5.41) is 9.03. The molecule has 0 radical (unpaired) electrons. The van der Waals surface area contributed by atoms with Crippen molar-refractivity contribution in [2.24, 2.45) is 0 Å². The molecule has 2 aromatic rings.